The third-order valence-corrected chi connectivity index (χ3v) is 4.24. The molecule has 1 aromatic carbocycles. The highest BCUT2D eigenvalue weighted by molar-refractivity contribution is 9.10. The highest BCUT2D eigenvalue weighted by atomic mass is 79.9. The van der Waals surface area contributed by atoms with E-state index in [2.05, 4.69) is 27.3 Å². The SMILES string of the molecule is COc1c(Br)cc(Cl)cc1NCc1cc(C#N)n(C)c1C. The molecule has 0 radical (unpaired) electrons. The minimum Gasteiger partial charge on any atom is -0.493 e. The molecule has 0 aliphatic carbocycles. The van der Waals surface area contributed by atoms with Gasteiger partial charge in [-0.25, -0.2) is 0 Å². The van der Waals surface area contributed by atoms with Crippen molar-refractivity contribution in [2.24, 2.45) is 7.05 Å². The Morgan fingerprint density at radius 2 is 2.14 bits per heavy atom. The number of methoxy groups -OCH3 is 1. The monoisotopic (exact) mass is 367 g/mol. The van der Waals surface area contributed by atoms with Crippen molar-refractivity contribution in [1.82, 2.24) is 4.57 Å². The maximum Gasteiger partial charge on any atom is 0.156 e. The molecular formula is C15H15BrClN3O. The van der Waals surface area contributed by atoms with Crippen LogP contribution in [0.2, 0.25) is 5.02 Å². The first kappa shape index (κ1) is 15.7. The van der Waals surface area contributed by atoms with Crippen LogP contribution in [0.4, 0.5) is 5.69 Å². The highest BCUT2D eigenvalue weighted by Crippen LogP contribution is 2.36. The summed E-state index contributed by atoms with van der Waals surface area (Å²) >= 11 is 9.50. The summed E-state index contributed by atoms with van der Waals surface area (Å²) in [6.45, 7) is 2.58. The first-order chi connectivity index (χ1) is 9.97. The molecule has 0 unspecified atom stereocenters. The Morgan fingerprint density at radius 1 is 1.43 bits per heavy atom. The fourth-order valence-corrected chi connectivity index (χ4v) is 3.11. The lowest BCUT2D eigenvalue weighted by atomic mass is 10.2. The smallest absolute Gasteiger partial charge is 0.156 e. The molecule has 0 aliphatic heterocycles. The number of nitrogens with one attached hydrogen (secondary N) is 1. The Hall–Kier alpha value is -1.64. The number of rotatable bonds is 4. The minimum atomic E-state index is 0.588. The second kappa shape index (κ2) is 6.42. The van der Waals surface area contributed by atoms with Crippen molar-refractivity contribution in [2.75, 3.05) is 12.4 Å². The average Bonchev–Trinajstić information content (AvgIpc) is 2.72. The van der Waals surface area contributed by atoms with E-state index in [9.17, 15) is 0 Å². The van der Waals surface area contributed by atoms with Crippen LogP contribution in [-0.4, -0.2) is 11.7 Å². The van der Waals surface area contributed by atoms with Crippen LogP contribution in [0.15, 0.2) is 22.7 Å². The van der Waals surface area contributed by atoms with E-state index in [0.717, 1.165) is 21.4 Å². The van der Waals surface area contributed by atoms with Crippen molar-refractivity contribution in [1.29, 1.82) is 5.26 Å². The molecule has 0 bridgehead atoms. The van der Waals surface area contributed by atoms with Gasteiger partial charge in [-0.1, -0.05) is 11.6 Å². The number of ether oxygens (including phenoxy) is 1. The van der Waals surface area contributed by atoms with Crippen LogP contribution >= 0.6 is 27.5 Å². The topological polar surface area (TPSA) is 50.0 Å². The van der Waals surface area contributed by atoms with Crippen LogP contribution in [0.5, 0.6) is 5.75 Å². The first-order valence-corrected chi connectivity index (χ1v) is 7.47. The third-order valence-electron chi connectivity index (χ3n) is 3.44. The molecule has 2 rings (SSSR count). The van der Waals surface area contributed by atoms with Gasteiger partial charge in [-0.3, -0.25) is 0 Å². The quantitative estimate of drug-likeness (QED) is 0.878. The van der Waals surface area contributed by atoms with Crippen LogP contribution in [0.25, 0.3) is 0 Å². The zero-order valence-corrected chi connectivity index (χ0v) is 14.3. The summed E-state index contributed by atoms with van der Waals surface area (Å²) in [6.07, 6.45) is 0. The van der Waals surface area contributed by atoms with Gasteiger partial charge in [-0.2, -0.15) is 5.26 Å². The molecule has 1 heterocycles. The van der Waals surface area contributed by atoms with Crippen molar-refractivity contribution >= 4 is 33.2 Å². The van der Waals surface area contributed by atoms with Crippen LogP contribution in [0, 0.1) is 18.3 Å². The van der Waals surface area contributed by atoms with E-state index in [1.54, 1.807) is 13.2 Å². The Kier molecular flexibility index (Phi) is 4.81. The predicted octanol–water partition coefficient (Wildman–Crippen LogP) is 4.24. The van der Waals surface area contributed by atoms with E-state index in [-0.39, 0.29) is 0 Å². The molecule has 110 valence electrons. The Bertz CT molecular complexity index is 719. The summed E-state index contributed by atoms with van der Waals surface area (Å²) in [5.74, 6) is 0.702. The van der Waals surface area contributed by atoms with Crippen molar-refractivity contribution in [3.63, 3.8) is 0 Å². The lowest BCUT2D eigenvalue weighted by Gasteiger charge is -2.13. The molecule has 0 spiro atoms. The van der Waals surface area contributed by atoms with Gasteiger partial charge in [-0.15, -0.1) is 0 Å². The summed E-state index contributed by atoms with van der Waals surface area (Å²) in [6, 6.07) is 7.66. The van der Waals surface area contributed by atoms with E-state index in [4.69, 9.17) is 21.6 Å². The number of hydrogen-bond donors (Lipinski definition) is 1. The molecule has 21 heavy (non-hydrogen) atoms. The number of nitriles is 1. The van der Waals surface area contributed by atoms with Crippen molar-refractivity contribution in [3.8, 4) is 11.8 Å². The van der Waals surface area contributed by atoms with Gasteiger partial charge in [0, 0.05) is 24.3 Å². The molecule has 0 aliphatic rings. The lowest BCUT2D eigenvalue weighted by molar-refractivity contribution is 0.414. The molecule has 1 aromatic heterocycles. The Balaban J connectivity index is 2.27. The summed E-state index contributed by atoms with van der Waals surface area (Å²) in [5, 5.41) is 13.0. The first-order valence-electron chi connectivity index (χ1n) is 6.30. The molecule has 0 fully saturated rings. The van der Waals surface area contributed by atoms with Gasteiger partial charge in [0.05, 0.1) is 17.3 Å². The number of aromatic nitrogens is 1. The summed E-state index contributed by atoms with van der Waals surface area (Å²) < 4.78 is 8.05. The Morgan fingerprint density at radius 3 is 2.71 bits per heavy atom. The largest absolute Gasteiger partial charge is 0.493 e. The van der Waals surface area contributed by atoms with E-state index in [0.29, 0.717) is 23.0 Å². The average molecular weight is 369 g/mol. The standard InChI is InChI=1S/C15H15BrClN3O/c1-9-10(4-12(7-18)20(9)2)8-19-14-6-11(17)5-13(16)15(14)21-3/h4-6,19H,8H2,1-3H3. The molecule has 1 N–H and O–H groups in total. The van der Waals surface area contributed by atoms with Gasteiger partial charge >= 0.3 is 0 Å². The number of benzene rings is 1. The van der Waals surface area contributed by atoms with Gasteiger partial charge in [0.2, 0.25) is 0 Å². The van der Waals surface area contributed by atoms with Crippen LogP contribution in [-0.2, 0) is 13.6 Å². The van der Waals surface area contributed by atoms with Crippen LogP contribution in [0.3, 0.4) is 0 Å². The van der Waals surface area contributed by atoms with E-state index < -0.39 is 0 Å². The molecule has 0 saturated heterocycles. The molecule has 0 saturated carbocycles. The number of halogens is 2. The lowest BCUT2D eigenvalue weighted by Crippen LogP contribution is -2.03. The summed E-state index contributed by atoms with van der Waals surface area (Å²) in [7, 11) is 3.49. The molecule has 0 amide bonds. The van der Waals surface area contributed by atoms with Gasteiger partial charge in [-0.05, 0) is 46.6 Å². The zero-order chi connectivity index (χ0) is 15.6. The third kappa shape index (κ3) is 3.17. The van der Waals surface area contributed by atoms with E-state index >= 15 is 0 Å². The second-order valence-electron chi connectivity index (χ2n) is 4.63. The number of nitrogens with zero attached hydrogens (tertiary/aromatic N) is 2. The Labute approximate surface area is 137 Å². The molecular weight excluding hydrogens is 354 g/mol. The van der Waals surface area contributed by atoms with Crippen LogP contribution in [0.1, 0.15) is 17.0 Å². The highest BCUT2D eigenvalue weighted by Gasteiger charge is 2.12. The maximum absolute atomic E-state index is 9.06. The van der Waals surface area contributed by atoms with Gasteiger partial charge < -0.3 is 14.6 Å². The molecule has 6 heteroatoms. The molecule has 2 aromatic rings. The normalized spacial score (nSPS) is 10.3. The molecule has 4 nitrogen and oxygen atoms in total. The minimum absolute atomic E-state index is 0.588. The van der Waals surface area contributed by atoms with E-state index in [1.807, 2.05) is 30.7 Å². The van der Waals surface area contributed by atoms with Gasteiger partial charge in [0.1, 0.15) is 11.8 Å². The number of anilines is 1. The predicted molar refractivity (Wildman–Crippen MR) is 87.9 cm³/mol. The molecule has 0 atom stereocenters. The zero-order valence-electron chi connectivity index (χ0n) is 12.0. The van der Waals surface area contributed by atoms with Crippen molar-refractivity contribution in [2.45, 2.75) is 13.5 Å². The van der Waals surface area contributed by atoms with Crippen molar-refractivity contribution < 1.29 is 4.74 Å². The summed E-state index contributed by atoms with van der Waals surface area (Å²) in [5.41, 5.74) is 3.56. The fourth-order valence-electron chi connectivity index (χ4n) is 2.14. The fraction of sp³-hybridized carbons (Fsp3) is 0.267. The van der Waals surface area contributed by atoms with Crippen molar-refractivity contribution in [3.05, 3.63) is 44.6 Å². The van der Waals surface area contributed by atoms with Gasteiger partial charge in [0.15, 0.2) is 5.75 Å². The van der Waals surface area contributed by atoms with Gasteiger partial charge in [0.25, 0.3) is 0 Å². The maximum atomic E-state index is 9.06. The number of hydrogen-bond acceptors (Lipinski definition) is 3. The van der Waals surface area contributed by atoms with E-state index in [1.165, 1.54) is 0 Å². The van der Waals surface area contributed by atoms with Crippen LogP contribution < -0.4 is 10.1 Å². The second-order valence-corrected chi connectivity index (χ2v) is 5.92. The summed E-state index contributed by atoms with van der Waals surface area (Å²) in [4.78, 5) is 0.